The van der Waals surface area contributed by atoms with Crippen LogP contribution in [-0.4, -0.2) is 30.4 Å². The molecule has 1 amide bonds. The van der Waals surface area contributed by atoms with E-state index in [0.717, 1.165) is 19.3 Å². The smallest absolute Gasteiger partial charge is 0.238 e. The molecule has 17 heavy (non-hydrogen) atoms. The van der Waals surface area contributed by atoms with Gasteiger partial charge in [0.2, 0.25) is 15.9 Å². The third kappa shape index (κ3) is 1.09. The van der Waals surface area contributed by atoms with Gasteiger partial charge in [-0.1, -0.05) is 13.8 Å². The first-order valence-electron chi connectivity index (χ1n) is 6.25. The molecule has 0 radical (unpaired) electrons. The minimum atomic E-state index is -3.38. The summed E-state index contributed by atoms with van der Waals surface area (Å²) in [4.78, 5) is 11.6. The van der Waals surface area contributed by atoms with Gasteiger partial charge in [0.15, 0.2) is 0 Å². The minimum Gasteiger partial charge on any atom is -0.274 e. The molecule has 4 nitrogen and oxygen atoms in total. The highest BCUT2D eigenvalue weighted by molar-refractivity contribution is 7.90. The molecule has 1 heterocycles. The van der Waals surface area contributed by atoms with Crippen molar-refractivity contribution in [2.45, 2.75) is 46.1 Å². The van der Waals surface area contributed by atoms with Crippen molar-refractivity contribution >= 4 is 15.9 Å². The van der Waals surface area contributed by atoms with Crippen molar-refractivity contribution in [2.24, 2.45) is 16.7 Å². The molecule has 3 aliphatic rings. The number of nitrogens with zero attached hydrogens (tertiary/aromatic N) is 1. The van der Waals surface area contributed by atoms with Gasteiger partial charge in [0.1, 0.15) is 0 Å². The number of carbonyl (C=O) groups excluding carboxylic acids is 1. The molecule has 2 saturated carbocycles. The van der Waals surface area contributed by atoms with E-state index in [1.54, 1.807) is 0 Å². The molecule has 96 valence electrons. The summed E-state index contributed by atoms with van der Waals surface area (Å²) in [5.41, 5.74) is -0.128. The van der Waals surface area contributed by atoms with Gasteiger partial charge in [-0.2, -0.15) is 0 Å². The Bertz CT molecular complexity index is 496. The number of fused-ring (bicyclic) bond motifs is 1. The third-order valence-corrected chi connectivity index (χ3v) is 7.71. The lowest BCUT2D eigenvalue weighted by molar-refractivity contribution is -0.126. The summed E-state index contributed by atoms with van der Waals surface area (Å²) >= 11 is 0. The summed E-state index contributed by atoms with van der Waals surface area (Å²) in [7, 11) is -3.38. The van der Waals surface area contributed by atoms with Crippen LogP contribution in [0.3, 0.4) is 0 Å². The van der Waals surface area contributed by atoms with E-state index in [1.165, 1.54) is 11.2 Å². The quantitative estimate of drug-likeness (QED) is 0.617. The summed E-state index contributed by atoms with van der Waals surface area (Å²) in [5.74, 6) is 0.438. The second kappa shape index (κ2) is 2.87. The van der Waals surface area contributed by atoms with E-state index in [9.17, 15) is 13.2 Å². The average Bonchev–Trinajstić information content (AvgIpc) is 2.62. The number of rotatable bonds is 0. The number of hydrogen-bond donors (Lipinski definition) is 0. The number of carbonyl (C=O) groups is 1. The minimum absolute atomic E-state index is 0.0505. The van der Waals surface area contributed by atoms with Crippen LogP contribution in [0.2, 0.25) is 0 Å². The Labute approximate surface area is 102 Å². The normalized spacial score (nSPS) is 45.0. The lowest BCUT2D eigenvalue weighted by atomic mass is 9.69. The Kier molecular flexibility index (Phi) is 1.94. The molecule has 2 aliphatic carbocycles. The average molecular weight is 259 g/mol. The second-order valence-electron chi connectivity index (χ2n) is 6.44. The first-order valence-corrected chi connectivity index (χ1v) is 7.86. The van der Waals surface area contributed by atoms with Crippen molar-refractivity contribution in [1.29, 1.82) is 0 Å². The van der Waals surface area contributed by atoms with Crippen molar-refractivity contribution in [3.05, 3.63) is 0 Å². The van der Waals surface area contributed by atoms with E-state index in [1.807, 2.05) is 0 Å². The van der Waals surface area contributed by atoms with Crippen LogP contribution in [0.25, 0.3) is 0 Å². The fourth-order valence-corrected chi connectivity index (χ4v) is 7.27. The zero-order chi connectivity index (χ0) is 12.6. The Morgan fingerprint density at radius 1 is 1.35 bits per heavy atom. The fraction of sp³-hybridized carbons (Fsp3) is 0.917. The summed E-state index contributed by atoms with van der Waals surface area (Å²) in [6, 6.07) is -0.0706. The highest BCUT2D eigenvalue weighted by atomic mass is 32.2. The third-order valence-electron chi connectivity index (χ3n) is 5.72. The predicted molar refractivity (Wildman–Crippen MR) is 63.6 cm³/mol. The second-order valence-corrected chi connectivity index (χ2v) is 8.28. The van der Waals surface area contributed by atoms with Crippen LogP contribution in [0, 0.1) is 16.7 Å². The zero-order valence-corrected chi connectivity index (χ0v) is 11.4. The van der Waals surface area contributed by atoms with Gasteiger partial charge in [0.05, 0.1) is 11.8 Å². The molecule has 0 aromatic carbocycles. The molecule has 0 aromatic heterocycles. The number of sulfonamides is 1. The molecule has 3 atom stereocenters. The first kappa shape index (κ1) is 11.5. The van der Waals surface area contributed by atoms with Crippen molar-refractivity contribution in [3.63, 3.8) is 0 Å². The van der Waals surface area contributed by atoms with Gasteiger partial charge in [-0.05, 0) is 30.6 Å². The SMILES string of the molecule is CC1(C)[C@@H]2CC[C@]13CS(=O)(=O)N([13C]([13CH3])=O)[C@@H]3C2. The molecule has 1 saturated heterocycles. The molecule has 3 fully saturated rings. The van der Waals surface area contributed by atoms with Crippen molar-refractivity contribution in [3.8, 4) is 0 Å². The molecular formula is C12H19NO3S. The van der Waals surface area contributed by atoms with Gasteiger partial charge < -0.3 is 0 Å². The highest BCUT2D eigenvalue weighted by Gasteiger charge is 2.71. The summed E-state index contributed by atoms with van der Waals surface area (Å²) < 4.78 is 25.6. The lowest BCUT2D eigenvalue weighted by Crippen LogP contribution is -2.43. The largest absolute Gasteiger partial charge is 0.274 e. The number of amides is 1. The molecule has 0 N–H and O–H groups in total. The van der Waals surface area contributed by atoms with Crippen molar-refractivity contribution in [2.75, 3.05) is 5.75 Å². The Hall–Kier alpha value is -0.580. The van der Waals surface area contributed by atoms with Gasteiger partial charge in [-0.3, -0.25) is 4.79 Å². The van der Waals surface area contributed by atoms with Crippen molar-refractivity contribution in [1.82, 2.24) is 4.31 Å². The molecule has 1 spiro atoms. The van der Waals surface area contributed by atoms with Crippen LogP contribution in [-0.2, 0) is 14.8 Å². The van der Waals surface area contributed by atoms with E-state index in [0.29, 0.717) is 5.92 Å². The van der Waals surface area contributed by atoms with Crippen LogP contribution < -0.4 is 0 Å². The molecule has 2 bridgehead atoms. The zero-order valence-electron chi connectivity index (χ0n) is 10.6. The van der Waals surface area contributed by atoms with E-state index in [-0.39, 0.29) is 28.5 Å². The van der Waals surface area contributed by atoms with E-state index in [4.69, 9.17) is 0 Å². The van der Waals surface area contributed by atoms with Crippen LogP contribution in [0.15, 0.2) is 0 Å². The lowest BCUT2D eigenvalue weighted by Gasteiger charge is -2.36. The molecule has 3 rings (SSSR count). The van der Waals surface area contributed by atoms with Gasteiger partial charge in [-0.15, -0.1) is 0 Å². The Balaban J connectivity index is 2.15. The van der Waals surface area contributed by atoms with Crippen LogP contribution in [0.4, 0.5) is 0 Å². The summed E-state index contributed by atoms with van der Waals surface area (Å²) in [6.07, 6.45) is 2.94. The summed E-state index contributed by atoms with van der Waals surface area (Å²) in [6.45, 7) is 5.74. The Morgan fingerprint density at radius 3 is 2.53 bits per heavy atom. The molecule has 0 unspecified atom stereocenters. The maximum atomic E-state index is 12.2. The molecular weight excluding hydrogens is 240 g/mol. The van der Waals surface area contributed by atoms with Crippen LogP contribution in [0.1, 0.15) is 40.0 Å². The van der Waals surface area contributed by atoms with Gasteiger partial charge in [0, 0.05) is 12.3 Å². The van der Waals surface area contributed by atoms with E-state index in [2.05, 4.69) is 13.8 Å². The van der Waals surface area contributed by atoms with Crippen LogP contribution >= 0.6 is 0 Å². The molecule has 0 aromatic rings. The maximum Gasteiger partial charge on any atom is 0.238 e. The number of hydrogen-bond acceptors (Lipinski definition) is 3. The Morgan fingerprint density at radius 2 is 2.00 bits per heavy atom. The van der Waals surface area contributed by atoms with Crippen LogP contribution in [0.5, 0.6) is 0 Å². The van der Waals surface area contributed by atoms with Gasteiger partial charge >= 0.3 is 0 Å². The fourth-order valence-electron chi connectivity index (χ4n) is 4.70. The maximum absolute atomic E-state index is 12.2. The highest BCUT2D eigenvalue weighted by Crippen LogP contribution is 2.69. The van der Waals surface area contributed by atoms with E-state index < -0.39 is 10.0 Å². The standard InChI is InChI=1S/C12H19NO3S/c1-8(14)13-10-6-9-4-5-12(10,11(9,2)3)7-17(13,15)16/h9-10H,4-7H2,1-3H3/t9-,10-,12-/m1/s1/i1+1,8+1. The molecule has 1 aliphatic heterocycles. The predicted octanol–water partition coefficient (Wildman–Crippen LogP) is 1.37. The summed E-state index contributed by atoms with van der Waals surface area (Å²) in [5, 5.41) is 0. The monoisotopic (exact) mass is 259 g/mol. The van der Waals surface area contributed by atoms with Gasteiger partial charge in [0.25, 0.3) is 0 Å². The molecule has 5 heteroatoms. The van der Waals surface area contributed by atoms with Crippen molar-refractivity contribution < 1.29 is 13.2 Å². The van der Waals surface area contributed by atoms with Gasteiger partial charge in [-0.25, -0.2) is 12.7 Å². The van der Waals surface area contributed by atoms with E-state index >= 15 is 0 Å². The topological polar surface area (TPSA) is 54.5 Å². The first-order chi connectivity index (χ1) is 7.72.